The molecule has 2 fully saturated rings. The van der Waals surface area contributed by atoms with Crippen molar-refractivity contribution >= 4 is 12.4 Å². The van der Waals surface area contributed by atoms with Gasteiger partial charge in [0.15, 0.2) is 0 Å². The van der Waals surface area contributed by atoms with Crippen molar-refractivity contribution in [3.63, 3.8) is 0 Å². The lowest BCUT2D eigenvalue weighted by Crippen LogP contribution is -2.50. The van der Waals surface area contributed by atoms with E-state index in [1.54, 1.807) is 0 Å². The zero-order valence-corrected chi connectivity index (χ0v) is 12.6. The van der Waals surface area contributed by atoms with Crippen LogP contribution in [0.5, 0.6) is 0 Å². The molecule has 3 unspecified atom stereocenters. The van der Waals surface area contributed by atoms with Crippen molar-refractivity contribution in [1.82, 2.24) is 15.6 Å². The maximum Gasteiger partial charge on any atom is 0.0623 e. The lowest BCUT2D eigenvalue weighted by atomic mass is 9.94. The molecule has 2 aliphatic rings. The van der Waals surface area contributed by atoms with Crippen LogP contribution in [-0.2, 0) is 11.3 Å². The third-order valence-corrected chi connectivity index (χ3v) is 4.33. The van der Waals surface area contributed by atoms with Crippen LogP contribution in [0.25, 0.3) is 0 Å². The summed E-state index contributed by atoms with van der Waals surface area (Å²) in [5.41, 5.74) is 1.26. The van der Waals surface area contributed by atoms with Crippen LogP contribution >= 0.6 is 12.4 Å². The number of nitrogens with one attached hydrogen (secondary N) is 2. The van der Waals surface area contributed by atoms with Gasteiger partial charge in [0.2, 0.25) is 0 Å². The van der Waals surface area contributed by atoms with Crippen molar-refractivity contribution in [2.24, 2.45) is 5.92 Å². The van der Waals surface area contributed by atoms with Gasteiger partial charge in [-0.1, -0.05) is 12.5 Å². The van der Waals surface area contributed by atoms with E-state index in [1.165, 1.54) is 24.8 Å². The van der Waals surface area contributed by atoms with Crippen LogP contribution in [0.1, 0.15) is 24.8 Å². The second-order valence-electron chi connectivity index (χ2n) is 5.58. The summed E-state index contributed by atoms with van der Waals surface area (Å²) in [6.45, 7) is 3.64. The molecule has 0 radical (unpaired) electrons. The molecule has 0 aromatic carbocycles. The Morgan fingerprint density at radius 3 is 3.10 bits per heavy atom. The first kappa shape index (κ1) is 15.7. The highest BCUT2D eigenvalue weighted by molar-refractivity contribution is 5.85. The van der Waals surface area contributed by atoms with Gasteiger partial charge in [-0.15, -0.1) is 12.4 Å². The quantitative estimate of drug-likeness (QED) is 0.889. The molecular weight excluding hydrogens is 274 g/mol. The van der Waals surface area contributed by atoms with Gasteiger partial charge in [-0.2, -0.15) is 0 Å². The first-order valence-electron chi connectivity index (χ1n) is 7.37. The van der Waals surface area contributed by atoms with E-state index in [0.717, 1.165) is 26.3 Å². The summed E-state index contributed by atoms with van der Waals surface area (Å²) in [6.07, 6.45) is 7.69. The molecule has 1 aromatic rings. The van der Waals surface area contributed by atoms with Crippen molar-refractivity contribution in [1.29, 1.82) is 0 Å². The second-order valence-corrected chi connectivity index (χ2v) is 5.58. The number of rotatable bonds is 4. The average Bonchev–Trinajstić information content (AvgIpc) is 2.95. The molecule has 0 spiro atoms. The number of pyridine rings is 1. The van der Waals surface area contributed by atoms with Crippen LogP contribution < -0.4 is 10.6 Å². The third kappa shape index (κ3) is 3.92. The highest BCUT2D eigenvalue weighted by Gasteiger charge is 2.34. The number of aromatic nitrogens is 1. The van der Waals surface area contributed by atoms with E-state index in [2.05, 4.69) is 21.7 Å². The summed E-state index contributed by atoms with van der Waals surface area (Å²) in [5, 5.41) is 7.32. The zero-order chi connectivity index (χ0) is 12.9. The highest BCUT2D eigenvalue weighted by Crippen LogP contribution is 2.29. The molecule has 1 aliphatic heterocycles. The minimum Gasteiger partial charge on any atom is -0.379 e. The molecule has 112 valence electrons. The standard InChI is InChI=1S/C15H23N3O.ClH/c1-4-13(15-11-19-8-7-17-15)14(5-1)18-10-12-3-2-6-16-9-12;/h2-3,6,9,13-15,17-18H,1,4-5,7-8,10-11H2;1H. The molecular formula is C15H24ClN3O. The van der Waals surface area contributed by atoms with Crippen LogP contribution in [-0.4, -0.2) is 36.8 Å². The zero-order valence-electron chi connectivity index (χ0n) is 11.8. The van der Waals surface area contributed by atoms with Crippen LogP contribution in [0.2, 0.25) is 0 Å². The Kier molecular flexibility index (Phi) is 6.23. The first-order valence-corrected chi connectivity index (χ1v) is 7.37. The largest absolute Gasteiger partial charge is 0.379 e. The van der Waals surface area contributed by atoms with Gasteiger partial charge in [0.05, 0.1) is 13.2 Å². The molecule has 0 amide bonds. The maximum absolute atomic E-state index is 5.61. The van der Waals surface area contributed by atoms with Crippen molar-refractivity contribution in [3.8, 4) is 0 Å². The van der Waals surface area contributed by atoms with E-state index in [4.69, 9.17) is 4.74 Å². The molecule has 2 heterocycles. The summed E-state index contributed by atoms with van der Waals surface area (Å²) in [4.78, 5) is 4.17. The summed E-state index contributed by atoms with van der Waals surface area (Å²) in [6, 6.07) is 5.27. The number of nitrogens with zero attached hydrogens (tertiary/aromatic N) is 1. The Morgan fingerprint density at radius 2 is 2.35 bits per heavy atom. The van der Waals surface area contributed by atoms with Crippen LogP contribution in [0.4, 0.5) is 0 Å². The first-order chi connectivity index (χ1) is 9.43. The van der Waals surface area contributed by atoms with Gasteiger partial charge >= 0.3 is 0 Å². The molecule has 3 rings (SSSR count). The van der Waals surface area contributed by atoms with Crippen molar-refractivity contribution in [2.75, 3.05) is 19.8 Å². The minimum absolute atomic E-state index is 0. The number of halogens is 1. The predicted octanol–water partition coefficient (Wildman–Crippen LogP) is 1.75. The summed E-state index contributed by atoms with van der Waals surface area (Å²) in [5.74, 6) is 0.706. The SMILES string of the molecule is Cl.c1cncc(CNC2CCCC2C2COCCN2)c1. The fourth-order valence-corrected chi connectivity index (χ4v) is 3.34. The van der Waals surface area contributed by atoms with E-state index in [-0.39, 0.29) is 12.4 Å². The van der Waals surface area contributed by atoms with Gasteiger partial charge in [-0.25, -0.2) is 0 Å². The maximum atomic E-state index is 5.61. The fraction of sp³-hybridized carbons (Fsp3) is 0.667. The van der Waals surface area contributed by atoms with Crippen molar-refractivity contribution in [2.45, 2.75) is 37.9 Å². The van der Waals surface area contributed by atoms with E-state index >= 15 is 0 Å². The second kappa shape index (κ2) is 7.93. The number of hydrogen-bond acceptors (Lipinski definition) is 4. The van der Waals surface area contributed by atoms with Gasteiger partial charge in [-0.05, 0) is 30.4 Å². The Hall–Kier alpha value is -0.680. The molecule has 1 saturated heterocycles. The Labute approximate surface area is 127 Å². The molecule has 1 saturated carbocycles. The molecule has 1 aromatic heterocycles. The molecule has 3 atom stereocenters. The van der Waals surface area contributed by atoms with E-state index in [1.807, 2.05) is 18.5 Å². The van der Waals surface area contributed by atoms with E-state index in [9.17, 15) is 0 Å². The lowest BCUT2D eigenvalue weighted by Gasteiger charge is -2.33. The van der Waals surface area contributed by atoms with E-state index < -0.39 is 0 Å². The molecule has 0 bridgehead atoms. The molecule has 4 nitrogen and oxygen atoms in total. The Bertz CT molecular complexity index is 384. The Morgan fingerprint density at radius 1 is 1.40 bits per heavy atom. The van der Waals surface area contributed by atoms with Crippen LogP contribution in [0.3, 0.4) is 0 Å². The molecule has 5 heteroatoms. The van der Waals surface area contributed by atoms with Gasteiger partial charge in [-0.3, -0.25) is 4.98 Å². The number of morpholine rings is 1. The molecule has 1 aliphatic carbocycles. The summed E-state index contributed by atoms with van der Waals surface area (Å²) in [7, 11) is 0. The fourth-order valence-electron chi connectivity index (χ4n) is 3.34. The number of hydrogen-bond donors (Lipinski definition) is 2. The van der Waals surface area contributed by atoms with E-state index in [0.29, 0.717) is 18.0 Å². The topological polar surface area (TPSA) is 46.2 Å². The van der Waals surface area contributed by atoms with Crippen LogP contribution in [0.15, 0.2) is 24.5 Å². The predicted molar refractivity (Wildman–Crippen MR) is 82.1 cm³/mol. The average molecular weight is 298 g/mol. The summed E-state index contributed by atoms with van der Waals surface area (Å²) < 4.78 is 5.61. The van der Waals surface area contributed by atoms with Crippen molar-refractivity contribution < 1.29 is 4.74 Å². The monoisotopic (exact) mass is 297 g/mol. The number of ether oxygens (including phenoxy) is 1. The highest BCUT2D eigenvalue weighted by atomic mass is 35.5. The Balaban J connectivity index is 0.00000147. The van der Waals surface area contributed by atoms with Crippen LogP contribution in [0, 0.1) is 5.92 Å². The normalized spacial score (nSPS) is 29.9. The van der Waals surface area contributed by atoms with Crippen molar-refractivity contribution in [3.05, 3.63) is 30.1 Å². The minimum atomic E-state index is 0. The third-order valence-electron chi connectivity index (χ3n) is 4.33. The molecule has 2 N–H and O–H groups in total. The van der Waals surface area contributed by atoms with Gasteiger partial charge in [0, 0.05) is 37.6 Å². The molecule has 20 heavy (non-hydrogen) atoms. The van der Waals surface area contributed by atoms with Gasteiger partial charge < -0.3 is 15.4 Å². The van der Waals surface area contributed by atoms with Gasteiger partial charge in [0.1, 0.15) is 0 Å². The smallest absolute Gasteiger partial charge is 0.0623 e. The summed E-state index contributed by atoms with van der Waals surface area (Å²) >= 11 is 0. The van der Waals surface area contributed by atoms with Gasteiger partial charge in [0.25, 0.3) is 0 Å². The lowest BCUT2D eigenvalue weighted by molar-refractivity contribution is 0.0524.